The van der Waals surface area contributed by atoms with E-state index in [2.05, 4.69) is 0 Å². The molecule has 1 N–H and O–H groups in total. The first kappa shape index (κ1) is 19.0. The summed E-state index contributed by atoms with van der Waals surface area (Å²) in [4.78, 5) is 35.9. The van der Waals surface area contributed by atoms with Gasteiger partial charge in [0.2, 0.25) is 0 Å². The summed E-state index contributed by atoms with van der Waals surface area (Å²) >= 11 is 0. The molecule has 4 rings (SSSR count). The maximum atomic E-state index is 12.7. The molecule has 0 amide bonds. The minimum absolute atomic E-state index is 0.0227. The molecule has 29 heavy (non-hydrogen) atoms. The van der Waals surface area contributed by atoms with Gasteiger partial charge in [-0.15, -0.1) is 0 Å². The van der Waals surface area contributed by atoms with Crippen molar-refractivity contribution in [1.82, 2.24) is 0 Å². The van der Waals surface area contributed by atoms with E-state index < -0.39 is 30.1 Å². The van der Waals surface area contributed by atoms with E-state index in [4.69, 9.17) is 19.3 Å². The van der Waals surface area contributed by atoms with Gasteiger partial charge in [0.15, 0.2) is 12.4 Å². The normalized spacial score (nSPS) is 19.4. The molecule has 0 bridgehead atoms. The van der Waals surface area contributed by atoms with E-state index in [1.807, 2.05) is 13.8 Å². The highest BCUT2D eigenvalue weighted by Gasteiger charge is 2.40. The van der Waals surface area contributed by atoms with Crippen LogP contribution in [0.5, 0.6) is 17.2 Å². The molecule has 2 aromatic rings. The second-order valence-corrected chi connectivity index (χ2v) is 7.77. The zero-order valence-corrected chi connectivity index (χ0v) is 16.1. The summed E-state index contributed by atoms with van der Waals surface area (Å²) in [5, 5.41) is 8.96. The standard InChI is InChI=1S/C22H20O7/c1-22(2)10-15(23)13-7-8-17-20(21(13)29-22)14(9-19(26)28-17)12-5-3-4-6-16(12)27-11-18(24)25/h3-8,14H,9-11H2,1-2H3,(H,24,25)/t14-/m0/s1. The van der Waals surface area contributed by atoms with Crippen molar-refractivity contribution in [3.05, 3.63) is 53.1 Å². The van der Waals surface area contributed by atoms with E-state index in [0.29, 0.717) is 33.9 Å². The third kappa shape index (κ3) is 3.55. The number of carboxylic acid groups (broad SMARTS) is 1. The molecule has 0 saturated heterocycles. The number of rotatable bonds is 4. The van der Waals surface area contributed by atoms with Gasteiger partial charge in [-0.05, 0) is 32.0 Å². The molecule has 150 valence electrons. The molecule has 0 radical (unpaired) electrons. The van der Waals surface area contributed by atoms with Crippen LogP contribution in [0.4, 0.5) is 0 Å². The van der Waals surface area contributed by atoms with E-state index in [0.717, 1.165) is 0 Å². The van der Waals surface area contributed by atoms with Crippen molar-refractivity contribution in [2.24, 2.45) is 0 Å². The van der Waals surface area contributed by atoms with Crippen LogP contribution in [-0.4, -0.2) is 35.0 Å². The number of benzene rings is 2. The van der Waals surface area contributed by atoms with Gasteiger partial charge in [0.1, 0.15) is 22.8 Å². The van der Waals surface area contributed by atoms with E-state index in [1.54, 1.807) is 36.4 Å². The van der Waals surface area contributed by atoms with Crippen LogP contribution in [-0.2, 0) is 9.59 Å². The highest BCUT2D eigenvalue weighted by molar-refractivity contribution is 6.01. The van der Waals surface area contributed by atoms with Crippen molar-refractivity contribution in [3.63, 3.8) is 0 Å². The minimum atomic E-state index is -1.10. The monoisotopic (exact) mass is 396 g/mol. The molecular weight excluding hydrogens is 376 g/mol. The molecule has 2 aromatic carbocycles. The number of para-hydroxylation sites is 1. The average Bonchev–Trinajstić information content (AvgIpc) is 2.64. The molecular formula is C22H20O7. The van der Waals surface area contributed by atoms with Crippen LogP contribution in [0.15, 0.2) is 36.4 Å². The van der Waals surface area contributed by atoms with E-state index >= 15 is 0 Å². The van der Waals surface area contributed by atoms with Crippen LogP contribution >= 0.6 is 0 Å². The van der Waals surface area contributed by atoms with Gasteiger partial charge in [0.05, 0.1) is 18.4 Å². The molecule has 2 aliphatic heterocycles. The van der Waals surface area contributed by atoms with Gasteiger partial charge >= 0.3 is 11.9 Å². The third-order valence-corrected chi connectivity index (χ3v) is 5.01. The number of Topliss-reactive ketones (excluding diaryl/α,β-unsaturated/α-hetero) is 1. The zero-order chi connectivity index (χ0) is 20.8. The number of hydrogen-bond donors (Lipinski definition) is 1. The molecule has 2 heterocycles. The Bertz CT molecular complexity index is 1020. The zero-order valence-electron chi connectivity index (χ0n) is 16.1. The lowest BCUT2D eigenvalue weighted by atomic mass is 9.82. The summed E-state index contributed by atoms with van der Waals surface area (Å²) in [5.74, 6) is -0.941. The summed E-state index contributed by atoms with van der Waals surface area (Å²) in [7, 11) is 0. The summed E-state index contributed by atoms with van der Waals surface area (Å²) < 4.78 is 17.0. The third-order valence-electron chi connectivity index (χ3n) is 5.01. The Labute approximate surface area is 167 Å². The first-order chi connectivity index (χ1) is 13.7. The van der Waals surface area contributed by atoms with Gasteiger partial charge in [-0.25, -0.2) is 4.79 Å². The Hall–Kier alpha value is -3.35. The van der Waals surface area contributed by atoms with E-state index in [1.165, 1.54) is 0 Å². The second kappa shape index (κ2) is 6.92. The fraction of sp³-hybridized carbons (Fsp3) is 0.318. The summed E-state index contributed by atoms with van der Waals surface area (Å²) in [6, 6.07) is 10.2. The van der Waals surface area contributed by atoms with Crippen molar-refractivity contribution >= 4 is 17.7 Å². The van der Waals surface area contributed by atoms with Gasteiger partial charge in [-0.2, -0.15) is 0 Å². The minimum Gasteiger partial charge on any atom is -0.486 e. The lowest BCUT2D eigenvalue weighted by Crippen LogP contribution is -2.37. The second-order valence-electron chi connectivity index (χ2n) is 7.77. The molecule has 0 aromatic heterocycles. The molecule has 7 nitrogen and oxygen atoms in total. The predicted octanol–water partition coefficient (Wildman–Crippen LogP) is 3.33. The van der Waals surface area contributed by atoms with Gasteiger partial charge in [0, 0.05) is 17.0 Å². The van der Waals surface area contributed by atoms with Gasteiger partial charge in [0.25, 0.3) is 0 Å². The molecule has 7 heteroatoms. The summed E-state index contributed by atoms with van der Waals surface area (Å²) in [6.45, 7) is 3.16. The van der Waals surface area contributed by atoms with Crippen LogP contribution in [0.1, 0.15) is 54.1 Å². The quantitative estimate of drug-likeness (QED) is 0.625. The Balaban J connectivity index is 1.87. The highest BCUT2D eigenvalue weighted by Crippen LogP contribution is 2.50. The predicted molar refractivity (Wildman–Crippen MR) is 102 cm³/mol. The smallest absolute Gasteiger partial charge is 0.341 e. The Morgan fingerprint density at radius 2 is 1.97 bits per heavy atom. The number of carbonyl (C=O) groups is 3. The number of fused-ring (bicyclic) bond motifs is 3. The van der Waals surface area contributed by atoms with Gasteiger partial charge in [-0.1, -0.05) is 18.2 Å². The number of ketones is 1. The highest BCUT2D eigenvalue weighted by atomic mass is 16.5. The SMILES string of the molecule is CC1(C)CC(=O)c2ccc3c(c2O1)[C@H](c1ccccc1OCC(=O)O)CC(=O)O3. The van der Waals surface area contributed by atoms with Crippen LogP contribution in [0.3, 0.4) is 0 Å². The Morgan fingerprint density at radius 1 is 1.21 bits per heavy atom. The molecule has 0 unspecified atom stereocenters. The van der Waals surface area contributed by atoms with Crippen LogP contribution in [0.25, 0.3) is 0 Å². The molecule has 0 fully saturated rings. The first-order valence-corrected chi connectivity index (χ1v) is 9.28. The van der Waals surface area contributed by atoms with Gasteiger partial charge < -0.3 is 19.3 Å². The van der Waals surface area contributed by atoms with Crippen LogP contribution in [0, 0.1) is 0 Å². The Kier molecular flexibility index (Phi) is 4.53. The molecule has 0 spiro atoms. The number of carbonyl (C=O) groups excluding carboxylic acids is 2. The molecule has 0 aliphatic carbocycles. The van der Waals surface area contributed by atoms with E-state index in [-0.39, 0.29) is 18.6 Å². The van der Waals surface area contributed by atoms with Crippen LogP contribution in [0.2, 0.25) is 0 Å². The Morgan fingerprint density at radius 3 is 2.72 bits per heavy atom. The van der Waals surface area contributed by atoms with Crippen molar-refractivity contribution in [1.29, 1.82) is 0 Å². The van der Waals surface area contributed by atoms with Crippen molar-refractivity contribution in [2.75, 3.05) is 6.61 Å². The summed E-state index contributed by atoms with van der Waals surface area (Å²) in [5.41, 5.74) is 1.01. The topological polar surface area (TPSA) is 99.1 Å². The average molecular weight is 396 g/mol. The fourth-order valence-electron chi connectivity index (χ4n) is 3.86. The number of hydrogen-bond acceptors (Lipinski definition) is 6. The van der Waals surface area contributed by atoms with Crippen molar-refractivity contribution in [3.8, 4) is 17.2 Å². The maximum absolute atomic E-state index is 12.7. The van der Waals surface area contributed by atoms with Crippen molar-refractivity contribution in [2.45, 2.75) is 38.2 Å². The first-order valence-electron chi connectivity index (χ1n) is 9.28. The maximum Gasteiger partial charge on any atom is 0.341 e. The number of carboxylic acids is 1. The molecule has 0 saturated carbocycles. The lowest BCUT2D eigenvalue weighted by molar-refractivity contribution is -0.139. The molecule has 2 aliphatic rings. The largest absolute Gasteiger partial charge is 0.486 e. The van der Waals surface area contributed by atoms with Gasteiger partial charge in [-0.3, -0.25) is 9.59 Å². The lowest BCUT2D eigenvalue weighted by Gasteiger charge is -2.36. The van der Waals surface area contributed by atoms with Crippen molar-refractivity contribution < 1.29 is 33.7 Å². The number of aliphatic carboxylic acids is 1. The van der Waals surface area contributed by atoms with E-state index in [9.17, 15) is 14.4 Å². The molecule has 1 atom stereocenters. The number of ether oxygens (including phenoxy) is 3. The fourth-order valence-corrected chi connectivity index (χ4v) is 3.86. The number of esters is 1. The summed E-state index contributed by atoms with van der Waals surface area (Å²) in [6.07, 6.45) is 0.274. The van der Waals surface area contributed by atoms with Crippen LogP contribution < -0.4 is 14.2 Å².